The Hall–Kier alpha value is -0.710. The van der Waals surface area contributed by atoms with Crippen molar-refractivity contribution in [1.29, 1.82) is 0 Å². The van der Waals surface area contributed by atoms with Gasteiger partial charge in [-0.2, -0.15) is 0 Å². The van der Waals surface area contributed by atoms with Crippen LogP contribution in [-0.2, 0) is 6.42 Å². The molecule has 0 saturated carbocycles. The molecule has 4 heteroatoms. The van der Waals surface area contributed by atoms with Crippen LogP contribution in [0.15, 0.2) is 17.5 Å². The molecular formula is C11H19N3S. The van der Waals surface area contributed by atoms with Crippen LogP contribution in [-0.4, -0.2) is 11.0 Å². The van der Waals surface area contributed by atoms with Crippen molar-refractivity contribution in [2.75, 3.05) is 0 Å². The number of nitrogens with zero attached hydrogens (tertiary/aromatic N) is 1. The van der Waals surface area contributed by atoms with Crippen LogP contribution >= 0.6 is 11.3 Å². The summed E-state index contributed by atoms with van der Waals surface area (Å²) in [5, 5.41) is 3.20. The highest BCUT2D eigenvalue weighted by atomic mass is 32.1. The summed E-state index contributed by atoms with van der Waals surface area (Å²) < 4.78 is 0. The van der Waals surface area contributed by atoms with Gasteiger partial charge in [0.1, 0.15) is 0 Å². The van der Waals surface area contributed by atoms with E-state index in [1.54, 1.807) is 11.3 Å². The van der Waals surface area contributed by atoms with Crippen LogP contribution in [0, 0.1) is 6.92 Å². The summed E-state index contributed by atoms with van der Waals surface area (Å²) in [7, 11) is 0. The highest BCUT2D eigenvalue weighted by Gasteiger charge is 2.10. The first-order valence-corrected chi connectivity index (χ1v) is 6.07. The normalized spacial score (nSPS) is 12.7. The molecule has 3 N–H and O–H groups in total. The van der Waals surface area contributed by atoms with Crippen molar-refractivity contribution < 1.29 is 0 Å². The van der Waals surface area contributed by atoms with Crippen LogP contribution in [0.4, 0.5) is 0 Å². The molecule has 1 heterocycles. The predicted octanol–water partition coefficient (Wildman–Crippen LogP) is 2.18. The summed E-state index contributed by atoms with van der Waals surface area (Å²) in [6.45, 7) is 8.13. The molecule has 0 aromatic carbocycles. The lowest BCUT2D eigenvalue weighted by Gasteiger charge is -2.15. The lowest BCUT2D eigenvalue weighted by Crippen LogP contribution is -2.37. The number of rotatable bonds is 6. The molecule has 0 fully saturated rings. The van der Waals surface area contributed by atoms with E-state index in [1.807, 2.05) is 6.92 Å². The van der Waals surface area contributed by atoms with Gasteiger partial charge in [-0.25, -0.2) is 4.98 Å². The number of hydrogen-bond acceptors (Lipinski definition) is 4. The Bertz CT molecular complexity index is 319. The molecule has 0 saturated heterocycles. The van der Waals surface area contributed by atoms with E-state index in [-0.39, 0.29) is 6.04 Å². The molecule has 1 aromatic heterocycles. The first-order chi connectivity index (χ1) is 7.15. The van der Waals surface area contributed by atoms with Crippen molar-refractivity contribution in [3.05, 3.63) is 28.2 Å². The second-order valence-corrected chi connectivity index (χ2v) is 4.80. The average molecular weight is 225 g/mol. The van der Waals surface area contributed by atoms with Crippen molar-refractivity contribution in [1.82, 2.24) is 10.4 Å². The molecule has 0 aliphatic heterocycles. The lowest BCUT2D eigenvalue weighted by atomic mass is 10.0. The van der Waals surface area contributed by atoms with E-state index >= 15 is 0 Å². The smallest absolute Gasteiger partial charge is 0.0897 e. The fraction of sp³-hybridized carbons (Fsp3) is 0.545. The third-order valence-electron chi connectivity index (χ3n) is 2.39. The van der Waals surface area contributed by atoms with Gasteiger partial charge < -0.3 is 0 Å². The zero-order chi connectivity index (χ0) is 11.3. The van der Waals surface area contributed by atoms with E-state index in [0.29, 0.717) is 0 Å². The average Bonchev–Trinajstić information content (AvgIpc) is 2.62. The fourth-order valence-corrected chi connectivity index (χ4v) is 2.06. The van der Waals surface area contributed by atoms with Crippen molar-refractivity contribution in [3.8, 4) is 0 Å². The summed E-state index contributed by atoms with van der Waals surface area (Å²) in [6.07, 6.45) is 2.80. The minimum absolute atomic E-state index is 0.249. The van der Waals surface area contributed by atoms with Gasteiger partial charge in [-0.05, 0) is 19.8 Å². The summed E-state index contributed by atoms with van der Waals surface area (Å²) in [6, 6.07) is 0.249. The van der Waals surface area contributed by atoms with Crippen molar-refractivity contribution in [2.45, 2.75) is 39.2 Å². The van der Waals surface area contributed by atoms with Crippen LogP contribution in [0.3, 0.4) is 0 Å². The molecule has 0 amide bonds. The van der Waals surface area contributed by atoms with E-state index in [4.69, 9.17) is 5.84 Å². The van der Waals surface area contributed by atoms with E-state index in [2.05, 4.69) is 29.3 Å². The maximum Gasteiger partial charge on any atom is 0.0897 e. The van der Waals surface area contributed by atoms with E-state index in [1.165, 1.54) is 5.57 Å². The Morgan fingerprint density at radius 3 is 2.93 bits per heavy atom. The van der Waals surface area contributed by atoms with Gasteiger partial charge in [0, 0.05) is 17.8 Å². The van der Waals surface area contributed by atoms with Gasteiger partial charge in [-0.1, -0.05) is 19.1 Å². The number of nitrogens with one attached hydrogen (secondary N) is 1. The molecule has 84 valence electrons. The van der Waals surface area contributed by atoms with Crippen LogP contribution in [0.25, 0.3) is 0 Å². The molecule has 1 rings (SSSR count). The van der Waals surface area contributed by atoms with Gasteiger partial charge >= 0.3 is 0 Å². The largest absolute Gasteiger partial charge is 0.271 e. The van der Waals surface area contributed by atoms with E-state index in [0.717, 1.165) is 30.0 Å². The Kier molecular flexibility index (Phi) is 4.94. The first-order valence-electron chi connectivity index (χ1n) is 5.19. The third-order valence-corrected chi connectivity index (χ3v) is 3.22. The maximum absolute atomic E-state index is 5.51. The highest BCUT2D eigenvalue weighted by Crippen LogP contribution is 2.14. The Morgan fingerprint density at radius 2 is 2.47 bits per heavy atom. The molecule has 1 aromatic rings. The Labute approximate surface area is 95.4 Å². The monoisotopic (exact) mass is 225 g/mol. The predicted molar refractivity (Wildman–Crippen MR) is 65.7 cm³/mol. The SMILES string of the molecule is C=C(CC)CC(Cc1csc(C)n1)NN. The fourth-order valence-electron chi connectivity index (χ4n) is 1.44. The van der Waals surface area contributed by atoms with Crippen molar-refractivity contribution >= 4 is 11.3 Å². The van der Waals surface area contributed by atoms with E-state index < -0.39 is 0 Å². The number of thiazole rings is 1. The van der Waals surface area contributed by atoms with Crippen LogP contribution in [0.1, 0.15) is 30.5 Å². The zero-order valence-corrected chi connectivity index (χ0v) is 10.2. The molecule has 1 unspecified atom stereocenters. The topological polar surface area (TPSA) is 50.9 Å². The number of aryl methyl sites for hydroxylation is 1. The molecule has 0 radical (unpaired) electrons. The number of hydrogen-bond donors (Lipinski definition) is 2. The van der Waals surface area contributed by atoms with Gasteiger partial charge in [0.05, 0.1) is 10.7 Å². The first kappa shape index (κ1) is 12.4. The van der Waals surface area contributed by atoms with Gasteiger partial charge in [-0.3, -0.25) is 11.3 Å². The molecule has 0 aliphatic carbocycles. The van der Waals surface area contributed by atoms with Crippen LogP contribution < -0.4 is 11.3 Å². The molecule has 0 spiro atoms. The summed E-state index contributed by atoms with van der Waals surface area (Å²) in [5.41, 5.74) is 5.17. The summed E-state index contributed by atoms with van der Waals surface area (Å²) >= 11 is 1.68. The van der Waals surface area contributed by atoms with Crippen molar-refractivity contribution in [2.24, 2.45) is 5.84 Å². The standard InChI is InChI=1S/C11H19N3S/c1-4-8(2)5-10(14-12)6-11-7-15-9(3)13-11/h7,10,14H,2,4-6,12H2,1,3H3. The van der Waals surface area contributed by atoms with Crippen LogP contribution in [0.5, 0.6) is 0 Å². The van der Waals surface area contributed by atoms with Gasteiger partial charge in [0.25, 0.3) is 0 Å². The molecule has 1 atom stereocenters. The van der Waals surface area contributed by atoms with Gasteiger partial charge in [0.15, 0.2) is 0 Å². The minimum Gasteiger partial charge on any atom is -0.271 e. The summed E-state index contributed by atoms with van der Waals surface area (Å²) in [5.74, 6) is 5.51. The number of hydrazine groups is 1. The third kappa shape index (κ3) is 4.11. The minimum atomic E-state index is 0.249. The maximum atomic E-state index is 5.51. The molecule has 0 aliphatic rings. The Balaban J connectivity index is 2.50. The number of aromatic nitrogens is 1. The molecule has 3 nitrogen and oxygen atoms in total. The lowest BCUT2D eigenvalue weighted by molar-refractivity contribution is 0.512. The summed E-state index contributed by atoms with van der Waals surface area (Å²) in [4.78, 5) is 4.42. The molecular weight excluding hydrogens is 206 g/mol. The molecule has 15 heavy (non-hydrogen) atoms. The second kappa shape index (κ2) is 6.00. The Morgan fingerprint density at radius 1 is 1.73 bits per heavy atom. The quantitative estimate of drug-likeness (QED) is 0.443. The zero-order valence-electron chi connectivity index (χ0n) is 9.42. The number of nitrogens with two attached hydrogens (primary N) is 1. The molecule has 0 bridgehead atoms. The van der Waals surface area contributed by atoms with Crippen molar-refractivity contribution in [3.63, 3.8) is 0 Å². The highest BCUT2D eigenvalue weighted by molar-refractivity contribution is 7.09. The van der Waals surface area contributed by atoms with Gasteiger partial charge in [-0.15, -0.1) is 11.3 Å². The second-order valence-electron chi connectivity index (χ2n) is 3.73. The van der Waals surface area contributed by atoms with Crippen LogP contribution in [0.2, 0.25) is 0 Å². The van der Waals surface area contributed by atoms with E-state index in [9.17, 15) is 0 Å². The van der Waals surface area contributed by atoms with Gasteiger partial charge in [0.2, 0.25) is 0 Å².